The third-order valence-electron chi connectivity index (χ3n) is 2.09. The zero-order valence-electron chi connectivity index (χ0n) is 9.27. The Kier molecular flexibility index (Phi) is 4.38. The van der Waals surface area contributed by atoms with Gasteiger partial charge in [-0.2, -0.15) is 5.10 Å². The van der Waals surface area contributed by atoms with Gasteiger partial charge in [0.1, 0.15) is 11.7 Å². The third kappa shape index (κ3) is 3.71. The molecule has 0 aliphatic rings. The summed E-state index contributed by atoms with van der Waals surface area (Å²) in [4.78, 5) is 33.1. The number of aliphatic carboxylic acids is 1. The van der Waals surface area contributed by atoms with Crippen molar-refractivity contribution in [2.24, 2.45) is 0 Å². The number of amides is 1. The van der Waals surface area contributed by atoms with Crippen LogP contribution in [-0.2, 0) is 4.79 Å². The number of hydrogen-bond donors (Lipinski definition) is 3. The van der Waals surface area contributed by atoms with Gasteiger partial charge in [-0.15, -0.1) is 0 Å². The molecule has 7 nitrogen and oxygen atoms in total. The minimum atomic E-state index is -1.09. The maximum Gasteiger partial charge on any atom is 0.326 e. The molecule has 0 aliphatic heterocycles. The number of aromatic amines is 1. The van der Waals surface area contributed by atoms with Gasteiger partial charge in [0.05, 0.1) is 0 Å². The van der Waals surface area contributed by atoms with Crippen LogP contribution in [0.25, 0.3) is 0 Å². The van der Waals surface area contributed by atoms with E-state index >= 15 is 0 Å². The van der Waals surface area contributed by atoms with Gasteiger partial charge in [0, 0.05) is 6.07 Å². The first-order chi connectivity index (χ1) is 8.04. The Labute approximate surface area is 96.9 Å². The number of carbonyl (C=O) groups is 2. The van der Waals surface area contributed by atoms with E-state index in [1.54, 1.807) is 0 Å². The van der Waals surface area contributed by atoms with Gasteiger partial charge in [-0.05, 0) is 12.5 Å². The summed E-state index contributed by atoms with van der Waals surface area (Å²) in [6.07, 6.45) is 0.973. The van der Waals surface area contributed by atoms with Crippen molar-refractivity contribution >= 4 is 11.9 Å². The van der Waals surface area contributed by atoms with E-state index in [-0.39, 0.29) is 5.69 Å². The Hall–Kier alpha value is -2.18. The van der Waals surface area contributed by atoms with Crippen molar-refractivity contribution in [3.8, 4) is 0 Å². The number of aromatic nitrogens is 2. The topological polar surface area (TPSA) is 112 Å². The van der Waals surface area contributed by atoms with Crippen molar-refractivity contribution in [3.05, 3.63) is 28.2 Å². The SMILES string of the molecule is CCC[C@H](NC(=O)c1ccc(=O)[nH]n1)C(=O)O. The second-order valence-electron chi connectivity index (χ2n) is 3.46. The molecule has 7 heteroatoms. The van der Waals surface area contributed by atoms with Crippen LogP contribution in [0.2, 0.25) is 0 Å². The molecule has 0 saturated heterocycles. The Morgan fingerprint density at radius 2 is 2.24 bits per heavy atom. The summed E-state index contributed by atoms with van der Waals surface area (Å²) in [5.41, 5.74) is -0.447. The molecular weight excluding hydrogens is 226 g/mol. The second-order valence-corrected chi connectivity index (χ2v) is 3.46. The number of nitrogens with one attached hydrogen (secondary N) is 2. The van der Waals surface area contributed by atoms with Crippen LogP contribution in [0, 0.1) is 0 Å². The van der Waals surface area contributed by atoms with Crippen LogP contribution in [0.3, 0.4) is 0 Å². The zero-order chi connectivity index (χ0) is 12.8. The lowest BCUT2D eigenvalue weighted by Crippen LogP contribution is -2.41. The van der Waals surface area contributed by atoms with E-state index in [4.69, 9.17) is 5.11 Å². The van der Waals surface area contributed by atoms with Gasteiger partial charge >= 0.3 is 5.97 Å². The summed E-state index contributed by atoms with van der Waals surface area (Å²) >= 11 is 0. The third-order valence-corrected chi connectivity index (χ3v) is 2.09. The monoisotopic (exact) mass is 239 g/mol. The fourth-order valence-electron chi connectivity index (χ4n) is 1.25. The van der Waals surface area contributed by atoms with Crippen molar-refractivity contribution in [3.63, 3.8) is 0 Å². The summed E-state index contributed by atoms with van der Waals surface area (Å²) in [7, 11) is 0. The number of hydrogen-bond acceptors (Lipinski definition) is 4. The minimum absolute atomic E-state index is 0.0213. The maximum atomic E-state index is 11.6. The van der Waals surface area contributed by atoms with Crippen molar-refractivity contribution < 1.29 is 14.7 Å². The van der Waals surface area contributed by atoms with Crippen LogP contribution in [0.5, 0.6) is 0 Å². The number of nitrogens with zero attached hydrogens (tertiary/aromatic N) is 1. The number of carboxylic acid groups (broad SMARTS) is 1. The van der Waals surface area contributed by atoms with E-state index in [9.17, 15) is 14.4 Å². The Balaban J connectivity index is 2.73. The zero-order valence-corrected chi connectivity index (χ0v) is 9.27. The van der Waals surface area contributed by atoms with Gasteiger partial charge in [0.15, 0.2) is 0 Å². The highest BCUT2D eigenvalue weighted by atomic mass is 16.4. The molecule has 0 saturated carbocycles. The average molecular weight is 239 g/mol. The first kappa shape index (κ1) is 12.9. The van der Waals surface area contributed by atoms with E-state index in [0.29, 0.717) is 12.8 Å². The van der Waals surface area contributed by atoms with Gasteiger partial charge in [0.2, 0.25) is 0 Å². The van der Waals surface area contributed by atoms with Crippen LogP contribution in [0.15, 0.2) is 16.9 Å². The normalized spacial score (nSPS) is 11.8. The fraction of sp³-hybridized carbons (Fsp3) is 0.400. The molecule has 1 rings (SSSR count). The molecule has 0 aromatic carbocycles. The summed E-state index contributed by atoms with van der Waals surface area (Å²) < 4.78 is 0. The van der Waals surface area contributed by atoms with Gasteiger partial charge in [-0.3, -0.25) is 9.59 Å². The molecule has 1 atom stereocenters. The number of rotatable bonds is 5. The van der Waals surface area contributed by atoms with E-state index < -0.39 is 23.5 Å². The highest BCUT2D eigenvalue weighted by Crippen LogP contribution is 1.99. The first-order valence-electron chi connectivity index (χ1n) is 5.14. The summed E-state index contributed by atoms with van der Waals surface area (Å²) in [5.74, 6) is -1.72. The Bertz CT molecular complexity index is 448. The molecule has 0 radical (unpaired) electrons. The quantitative estimate of drug-likeness (QED) is 0.656. The predicted molar refractivity (Wildman–Crippen MR) is 58.7 cm³/mol. The Morgan fingerprint density at radius 1 is 1.53 bits per heavy atom. The molecule has 0 spiro atoms. The van der Waals surface area contributed by atoms with Gasteiger partial charge < -0.3 is 10.4 Å². The number of H-pyrrole nitrogens is 1. The molecule has 0 aliphatic carbocycles. The van der Waals surface area contributed by atoms with E-state index in [0.717, 1.165) is 6.07 Å². The summed E-state index contributed by atoms with van der Waals surface area (Å²) in [6, 6.07) is 1.44. The van der Waals surface area contributed by atoms with Crippen LogP contribution in [0.1, 0.15) is 30.3 Å². The first-order valence-corrected chi connectivity index (χ1v) is 5.14. The van der Waals surface area contributed by atoms with Gasteiger partial charge in [-0.25, -0.2) is 9.89 Å². The molecular formula is C10H13N3O4. The second kappa shape index (κ2) is 5.78. The molecule has 17 heavy (non-hydrogen) atoms. The average Bonchev–Trinajstić information content (AvgIpc) is 2.29. The lowest BCUT2D eigenvalue weighted by Gasteiger charge is -2.12. The van der Waals surface area contributed by atoms with Crippen LogP contribution < -0.4 is 10.9 Å². The van der Waals surface area contributed by atoms with E-state index in [1.165, 1.54) is 6.07 Å². The van der Waals surface area contributed by atoms with Crippen molar-refractivity contribution in [2.75, 3.05) is 0 Å². The molecule has 3 N–H and O–H groups in total. The molecule has 92 valence electrons. The highest BCUT2D eigenvalue weighted by Gasteiger charge is 2.20. The summed E-state index contributed by atoms with van der Waals surface area (Å²) in [5, 5.41) is 16.8. The lowest BCUT2D eigenvalue weighted by atomic mass is 10.1. The molecule has 0 fully saturated rings. The number of carboxylic acids is 1. The smallest absolute Gasteiger partial charge is 0.326 e. The summed E-state index contributed by atoms with van der Waals surface area (Å²) in [6.45, 7) is 1.82. The van der Waals surface area contributed by atoms with Crippen LogP contribution in [-0.4, -0.2) is 33.2 Å². The fourth-order valence-corrected chi connectivity index (χ4v) is 1.25. The van der Waals surface area contributed by atoms with E-state index in [1.807, 2.05) is 6.92 Å². The largest absolute Gasteiger partial charge is 0.480 e. The van der Waals surface area contributed by atoms with Crippen molar-refractivity contribution in [1.29, 1.82) is 0 Å². The lowest BCUT2D eigenvalue weighted by molar-refractivity contribution is -0.139. The van der Waals surface area contributed by atoms with Gasteiger partial charge in [-0.1, -0.05) is 13.3 Å². The standard InChI is InChI=1S/C10H13N3O4/c1-2-3-7(10(16)17)11-9(15)6-4-5-8(14)13-12-6/h4-5,7H,2-3H2,1H3,(H,11,15)(H,13,14)(H,16,17)/t7-/m0/s1. The highest BCUT2D eigenvalue weighted by molar-refractivity contribution is 5.94. The number of carbonyl (C=O) groups excluding carboxylic acids is 1. The minimum Gasteiger partial charge on any atom is -0.480 e. The molecule has 0 bridgehead atoms. The van der Waals surface area contributed by atoms with Crippen molar-refractivity contribution in [2.45, 2.75) is 25.8 Å². The molecule has 1 aromatic rings. The van der Waals surface area contributed by atoms with Crippen molar-refractivity contribution in [1.82, 2.24) is 15.5 Å². The van der Waals surface area contributed by atoms with Gasteiger partial charge in [0.25, 0.3) is 11.5 Å². The maximum absolute atomic E-state index is 11.6. The van der Waals surface area contributed by atoms with Crippen LogP contribution >= 0.6 is 0 Å². The molecule has 0 unspecified atom stereocenters. The van der Waals surface area contributed by atoms with Crippen LogP contribution in [0.4, 0.5) is 0 Å². The Morgan fingerprint density at radius 3 is 2.71 bits per heavy atom. The van der Waals surface area contributed by atoms with E-state index in [2.05, 4.69) is 15.5 Å². The molecule has 1 amide bonds. The molecule has 1 aromatic heterocycles. The molecule has 1 heterocycles. The predicted octanol–water partition coefficient (Wildman–Crippen LogP) is -0.247.